The molecule has 2 saturated heterocycles. The lowest BCUT2D eigenvalue weighted by molar-refractivity contribution is -0.0889. The molecule has 0 radical (unpaired) electrons. The zero-order valence-corrected chi connectivity index (χ0v) is 12.7. The Morgan fingerprint density at radius 2 is 2.05 bits per heavy atom. The van der Waals surface area contributed by atoms with Gasteiger partial charge in [-0.2, -0.15) is 0 Å². The molecule has 2 heterocycles. The predicted octanol–water partition coefficient (Wildman–Crippen LogP) is 2.89. The fourth-order valence-electron chi connectivity index (χ4n) is 6.21. The number of nitrogens with one attached hydrogen (secondary N) is 1. The van der Waals surface area contributed by atoms with Crippen LogP contribution in [0.4, 0.5) is 0 Å². The Bertz CT molecular complexity index is 347. The number of likely N-dealkylation sites (tertiary alicyclic amines) is 1. The molecule has 19 heavy (non-hydrogen) atoms. The lowest BCUT2D eigenvalue weighted by Gasteiger charge is -2.61. The first-order chi connectivity index (χ1) is 9.18. The van der Waals surface area contributed by atoms with Crippen LogP contribution < -0.4 is 5.32 Å². The molecular formula is C17H30N2. The zero-order valence-electron chi connectivity index (χ0n) is 12.7. The van der Waals surface area contributed by atoms with E-state index in [0.29, 0.717) is 5.54 Å². The van der Waals surface area contributed by atoms with Crippen molar-refractivity contribution in [3.05, 3.63) is 0 Å². The van der Waals surface area contributed by atoms with Crippen LogP contribution in [-0.2, 0) is 0 Å². The first kappa shape index (κ1) is 12.6. The molecule has 0 aromatic heterocycles. The summed E-state index contributed by atoms with van der Waals surface area (Å²) < 4.78 is 0. The van der Waals surface area contributed by atoms with E-state index in [1.165, 1.54) is 58.0 Å². The zero-order chi connectivity index (χ0) is 13.0. The summed E-state index contributed by atoms with van der Waals surface area (Å²) in [7, 11) is 2.40. The number of fused-ring (bicyclic) bond motifs is 2. The van der Waals surface area contributed by atoms with E-state index in [2.05, 4.69) is 24.2 Å². The smallest absolute Gasteiger partial charge is 0.0224 e. The summed E-state index contributed by atoms with van der Waals surface area (Å²) in [6.07, 6.45) is 10.3. The van der Waals surface area contributed by atoms with Gasteiger partial charge in [-0.05, 0) is 75.8 Å². The maximum Gasteiger partial charge on any atom is 0.0224 e. The van der Waals surface area contributed by atoms with E-state index in [1.54, 1.807) is 0 Å². The summed E-state index contributed by atoms with van der Waals surface area (Å²) in [6, 6.07) is 0.908. The third-order valence-electron chi connectivity index (χ3n) is 7.01. The van der Waals surface area contributed by atoms with Crippen LogP contribution in [0.15, 0.2) is 0 Å². The van der Waals surface area contributed by atoms with Crippen LogP contribution in [0.1, 0.15) is 51.9 Å². The van der Waals surface area contributed by atoms with Gasteiger partial charge in [-0.25, -0.2) is 0 Å². The summed E-state index contributed by atoms with van der Waals surface area (Å²) >= 11 is 0. The van der Waals surface area contributed by atoms with Crippen molar-refractivity contribution in [1.82, 2.24) is 10.2 Å². The van der Waals surface area contributed by atoms with Gasteiger partial charge < -0.3 is 10.2 Å². The Kier molecular flexibility index (Phi) is 2.97. The van der Waals surface area contributed by atoms with E-state index in [-0.39, 0.29) is 0 Å². The highest BCUT2D eigenvalue weighted by Gasteiger charge is 2.54. The van der Waals surface area contributed by atoms with Crippen LogP contribution in [0.25, 0.3) is 0 Å². The molecule has 4 aliphatic rings. The number of nitrogens with zero attached hydrogens (tertiary/aromatic N) is 1. The molecule has 6 atom stereocenters. The van der Waals surface area contributed by atoms with Crippen LogP contribution >= 0.6 is 0 Å². The molecule has 1 N–H and O–H groups in total. The maximum absolute atomic E-state index is 4.00. The minimum atomic E-state index is 0.524. The first-order valence-electron chi connectivity index (χ1n) is 8.63. The van der Waals surface area contributed by atoms with E-state index in [9.17, 15) is 0 Å². The Morgan fingerprint density at radius 3 is 2.84 bits per heavy atom. The highest BCUT2D eigenvalue weighted by Crippen LogP contribution is 2.54. The second-order valence-corrected chi connectivity index (χ2v) is 8.18. The summed E-state index contributed by atoms with van der Waals surface area (Å²) in [4.78, 5) is 2.73. The Balaban J connectivity index is 1.65. The molecule has 0 aromatic rings. The standard InChI is InChI=1S/C17H30N2/c1-12-7-13-10-17(5-3-4-6-18-17)14-9-15(13)16(8-12)19(2)11-14/h12-16,18H,3-11H2,1-2H3/t12-,13-,14+,15+,16-,17+/m0/s1. The normalized spacial score (nSPS) is 54.3. The predicted molar refractivity (Wildman–Crippen MR) is 79.1 cm³/mol. The Labute approximate surface area is 118 Å². The highest BCUT2D eigenvalue weighted by molar-refractivity contribution is 5.10. The van der Waals surface area contributed by atoms with Crippen LogP contribution in [-0.4, -0.2) is 36.6 Å². The van der Waals surface area contributed by atoms with Gasteiger partial charge in [0, 0.05) is 18.1 Å². The van der Waals surface area contributed by atoms with Gasteiger partial charge in [-0.1, -0.05) is 13.3 Å². The molecule has 2 saturated carbocycles. The van der Waals surface area contributed by atoms with E-state index >= 15 is 0 Å². The lowest BCUT2D eigenvalue weighted by Crippen LogP contribution is -2.67. The van der Waals surface area contributed by atoms with E-state index in [0.717, 1.165) is 29.7 Å². The summed E-state index contributed by atoms with van der Waals surface area (Å²) in [5.74, 6) is 3.92. The minimum Gasteiger partial charge on any atom is -0.311 e. The monoisotopic (exact) mass is 262 g/mol. The number of hydrogen-bond donors (Lipinski definition) is 1. The molecule has 0 unspecified atom stereocenters. The molecule has 2 aliphatic carbocycles. The van der Waals surface area contributed by atoms with Gasteiger partial charge in [0.05, 0.1) is 0 Å². The molecule has 2 bridgehead atoms. The topological polar surface area (TPSA) is 15.3 Å². The fourth-order valence-corrected chi connectivity index (χ4v) is 6.21. The summed E-state index contributed by atoms with van der Waals surface area (Å²) in [6.45, 7) is 5.12. The minimum absolute atomic E-state index is 0.524. The molecule has 0 aromatic carbocycles. The van der Waals surface area contributed by atoms with E-state index < -0.39 is 0 Å². The van der Waals surface area contributed by atoms with Crippen molar-refractivity contribution in [2.45, 2.75) is 63.5 Å². The van der Waals surface area contributed by atoms with Crippen molar-refractivity contribution in [1.29, 1.82) is 0 Å². The molecule has 2 nitrogen and oxygen atoms in total. The fraction of sp³-hybridized carbons (Fsp3) is 1.00. The lowest BCUT2D eigenvalue weighted by atomic mass is 9.53. The van der Waals surface area contributed by atoms with Gasteiger partial charge >= 0.3 is 0 Å². The average Bonchev–Trinajstić information content (AvgIpc) is 2.40. The van der Waals surface area contributed by atoms with E-state index in [1.807, 2.05) is 0 Å². The quantitative estimate of drug-likeness (QED) is 0.722. The highest BCUT2D eigenvalue weighted by atomic mass is 15.2. The molecule has 108 valence electrons. The number of hydrogen-bond acceptors (Lipinski definition) is 2. The average molecular weight is 262 g/mol. The van der Waals surface area contributed by atoms with Crippen molar-refractivity contribution in [3.8, 4) is 0 Å². The van der Waals surface area contributed by atoms with Gasteiger partial charge in [0.1, 0.15) is 0 Å². The SMILES string of the molecule is C[C@H]1C[C@H]2C[C@]3(CCCCN3)[C@@H]3C[C@H]2[C@H](C1)N(C)C3. The van der Waals surface area contributed by atoms with Gasteiger partial charge in [-0.3, -0.25) is 0 Å². The Morgan fingerprint density at radius 1 is 1.16 bits per heavy atom. The summed E-state index contributed by atoms with van der Waals surface area (Å²) in [5, 5.41) is 4.00. The number of piperidine rings is 2. The molecular weight excluding hydrogens is 232 g/mol. The third-order valence-corrected chi connectivity index (χ3v) is 7.01. The molecule has 0 amide bonds. The van der Waals surface area contributed by atoms with Gasteiger partial charge in [0.2, 0.25) is 0 Å². The van der Waals surface area contributed by atoms with E-state index in [4.69, 9.17) is 0 Å². The van der Waals surface area contributed by atoms with Crippen molar-refractivity contribution >= 4 is 0 Å². The largest absolute Gasteiger partial charge is 0.311 e. The van der Waals surface area contributed by atoms with Gasteiger partial charge in [-0.15, -0.1) is 0 Å². The molecule has 4 rings (SSSR count). The third kappa shape index (κ3) is 1.90. The second-order valence-electron chi connectivity index (χ2n) is 8.18. The van der Waals surface area contributed by atoms with Crippen LogP contribution in [0.2, 0.25) is 0 Å². The van der Waals surface area contributed by atoms with Gasteiger partial charge in [0.15, 0.2) is 0 Å². The van der Waals surface area contributed by atoms with Crippen LogP contribution in [0.5, 0.6) is 0 Å². The maximum atomic E-state index is 4.00. The summed E-state index contributed by atoms with van der Waals surface area (Å²) in [5.41, 5.74) is 0.524. The van der Waals surface area contributed by atoms with Gasteiger partial charge in [0.25, 0.3) is 0 Å². The molecule has 2 aliphatic heterocycles. The second kappa shape index (κ2) is 4.46. The Hall–Kier alpha value is -0.0800. The van der Waals surface area contributed by atoms with Crippen LogP contribution in [0.3, 0.4) is 0 Å². The van der Waals surface area contributed by atoms with Crippen molar-refractivity contribution in [2.75, 3.05) is 20.1 Å². The van der Waals surface area contributed by atoms with Crippen molar-refractivity contribution < 1.29 is 0 Å². The van der Waals surface area contributed by atoms with Crippen molar-refractivity contribution in [3.63, 3.8) is 0 Å². The number of rotatable bonds is 0. The van der Waals surface area contributed by atoms with Crippen LogP contribution in [0, 0.1) is 23.7 Å². The first-order valence-corrected chi connectivity index (χ1v) is 8.63. The molecule has 1 spiro atoms. The van der Waals surface area contributed by atoms with Crippen molar-refractivity contribution in [2.24, 2.45) is 23.7 Å². The molecule has 2 heteroatoms. The molecule has 4 fully saturated rings.